The predicted octanol–water partition coefficient (Wildman–Crippen LogP) is 3.19. The van der Waals surface area contributed by atoms with E-state index in [0.717, 1.165) is 31.9 Å². The number of hydrogen-bond donors (Lipinski definition) is 2. The monoisotopic (exact) mass is 401 g/mol. The van der Waals surface area contributed by atoms with Crippen molar-refractivity contribution in [3.8, 4) is 0 Å². The lowest BCUT2D eigenvalue weighted by Gasteiger charge is -2.37. The summed E-state index contributed by atoms with van der Waals surface area (Å²) >= 11 is 6.06. The van der Waals surface area contributed by atoms with Gasteiger partial charge in [-0.15, -0.1) is 0 Å². The van der Waals surface area contributed by atoms with Gasteiger partial charge in [0.15, 0.2) is 0 Å². The summed E-state index contributed by atoms with van der Waals surface area (Å²) in [6.45, 7) is 3.44. The van der Waals surface area contributed by atoms with Gasteiger partial charge in [0.25, 0.3) is 0 Å². The van der Waals surface area contributed by atoms with Gasteiger partial charge in [-0.2, -0.15) is 0 Å². The summed E-state index contributed by atoms with van der Waals surface area (Å²) < 4.78 is 0. The minimum Gasteiger partial charge on any atom is -0.481 e. The highest BCUT2D eigenvalue weighted by Gasteiger charge is 2.26. The zero-order valence-electron chi connectivity index (χ0n) is 15.6. The van der Waals surface area contributed by atoms with Crippen molar-refractivity contribution in [3.63, 3.8) is 0 Å². The number of carbonyl (C=O) groups excluding carboxylic acids is 1. The van der Waals surface area contributed by atoms with Crippen LogP contribution in [0.1, 0.15) is 6.42 Å². The second-order valence-electron chi connectivity index (χ2n) is 6.92. The average Bonchev–Trinajstić information content (AvgIpc) is 2.68. The number of nitrogens with zero attached hydrogens (tertiary/aromatic N) is 2. The number of nitrogens with one attached hydrogen (secondary N) is 1. The van der Waals surface area contributed by atoms with Crippen molar-refractivity contribution >= 4 is 34.9 Å². The van der Waals surface area contributed by atoms with Crippen LogP contribution in [0.3, 0.4) is 0 Å². The quantitative estimate of drug-likeness (QED) is 0.745. The van der Waals surface area contributed by atoms with Gasteiger partial charge in [-0.3, -0.25) is 14.5 Å². The first-order valence-electron chi connectivity index (χ1n) is 9.32. The minimum absolute atomic E-state index is 0.0429. The van der Waals surface area contributed by atoms with Gasteiger partial charge in [-0.1, -0.05) is 35.9 Å². The van der Waals surface area contributed by atoms with E-state index in [0.29, 0.717) is 17.3 Å². The summed E-state index contributed by atoms with van der Waals surface area (Å²) in [5, 5.41) is 13.0. The number of carboxylic acid groups (broad SMARTS) is 1. The van der Waals surface area contributed by atoms with E-state index in [1.54, 1.807) is 12.1 Å². The Kier molecular flexibility index (Phi) is 6.90. The van der Waals surface area contributed by atoms with Crippen molar-refractivity contribution in [2.24, 2.45) is 5.92 Å². The number of halogens is 1. The molecule has 7 heteroatoms. The van der Waals surface area contributed by atoms with Crippen molar-refractivity contribution < 1.29 is 14.7 Å². The van der Waals surface area contributed by atoms with Gasteiger partial charge in [-0.05, 0) is 30.3 Å². The van der Waals surface area contributed by atoms with Gasteiger partial charge in [0, 0.05) is 55.5 Å². The molecule has 2 aromatic rings. The molecule has 3 rings (SSSR count). The molecule has 1 aliphatic rings. The molecule has 1 aliphatic heterocycles. The highest BCUT2D eigenvalue weighted by molar-refractivity contribution is 6.30. The van der Waals surface area contributed by atoms with Gasteiger partial charge in [0.2, 0.25) is 5.91 Å². The van der Waals surface area contributed by atoms with Crippen LogP contribution < -0.4 is 10.2 Å². The van der Waals surface area contributed by atoms with Crippen molar-refractivity contribution in [2.75, 3.05) is 42.9 Å². The van der Waals surface area contributed by atoms with Crippen LogP contribution >= 0.6 is 11.6 Å². The van der Waals surface area contributed by atoms with E-state index < -0.39 is 11.9 Å². The van der Waals surface area contributed by atoms with Crippen LogP contribution in [0.25, 0.3) is 0 Å². The standard InChI is InChI=1S/C21H24ClN3O3/c22-17-5-4-8-19(14-17)25-11-9-24(10-12-25)15-16(21(27)28)13-20(26)23-18-6-2-1-3-7-18/h1-8,14,16H,9-13,15H2,(H,23,26)(H,27,28)/t16-/m0/s1. The third kappa shape index (κ3) is 5.71. The molecule has 6 nitrogen and oxygen atoms in total. The maximum atomic E-state index is 12.2. The molecule has 2 aromatic carbocycles. The van der Waals surface area contributed by atoms with Crippen LogP contribution in [0.5, 0.6) is 0 Å². The number of aliphatic carboxylic acids is 1. The molecule has 148 valence electrons. The first-order chi connectivity index (χ1) is 13.5. The SMILES string of the molecule is O=C(C[C@@H](CN1CCN(c2cccc(Cl)c2)CC1)C(=O)O)Nc1ccccc1. The zero-order valence-corrected chi connectivity index (χ0v) is 16.3. The van der Waals surface area contributed by atoms with E-state index in [4.69, 9.17) is 11.6 Å². The van der Waals surface area contributed by atoms with Crippen LogP contribution in [0.2, 0.25) is 5.02 Å². The number of benzene rings is 2. The maximum absolute atomic E-state index is 12.2. The Bertz CT molecular complexity index is 808. The van der Waals surface area contributed by atoms with Crippen LogP contribution in [-0.2, 0) is 9.59 Å². The molecule has 1 fully saturated rings. The lowest BCUT2D eigenvalue weighted by Crippen LogP contribution is -2.48. The molecule has 2 N–H and O–H groups in total. The molecule has 1 saturated heterocycles. The number of amides is 1. The Morgan fingerprint density at radius 1 is 1.04 bits per heavy atom. The molecule has 1 heterocycles. The summed E-state index contributed by atoms with van der Waals surface area (Å²) in [6, 6.07) is 16.8. The molecular formula is C21H24ClN3O3. The van der Waals surface area contributed by atoms with E-state index in [1.165, 1.54) is 0 Å². The second-order valence-corrected chi connectivity index (χ2v) is 7.36. The van der Waals surface area contributed by atoms with E-state index in [1.807, 2.05) is 42.5 Å². The maximum Gasteiger partial charge on any atom is 0.308 e. The van der Waals surface area contributed by atoms with Gasteiger partial charge in [-0.25, -0.2) is 0 Å². The fraction of sp³-hybridized carbons (Fsp3) is 0.333. The lowest BCUT2D eigenvalue weighted by atomic mass is 10.0. The van der Waals surface area contributed by atoms with Crippen LogP contribution in [0, 0.1) is 5.92 Å². The highest BCUT2D eigenvalue weighted by atomic mass is 35.5. The Morgan fingerprint density at radius 3 is 2.39 bits per heavy atom. The lowest BCUT2D eigenvalue weighted by molar-refractivity contribution is -0.144. The number of anilines is 2. The van der Waals surface area contributed by atoms with Crippen molar-refractivity contribution in [1.82, 2.24) is 4.90 Å². The van der Waals surface area contributed by atoms with Gasteiger partial charge < -0.3 is 15.3 Å². The summed E-state index contributed by atoms with van der Waals surface area (Å²) in [6.07, 6.45) is -0.0429. The Hall–Kier alpha value is -2.57. The van der Waals surface area contributed by atoms with E-state index in [2.05, 4.69) is 15.1 Å². The first kappa shape index (κ1) is 20.2. The topological polar surface area (TPSA) is 72.9 Å². The number of rotatable bonds is 7. The number of carbonyl (C=O) groups is 2. The van der Waals surface area contributed by atoms with Crippen LogP contribution in [0.15, 0.2) is 54.6 Å². The van der Waals surface area contributed by atoms with Crippen molar-refractivity contribution in [1.29, 1.82) is 0 Å². The van der Waals surface area contributed by atoms with Crippen LogP contribution in [0.4, 0.5) is 11.4 Å². The molecule has 1 amide bonds. The largest absolute Gasteiger partial charge is 0.481 e. The summed E-state index contributed by atoms with van der Waals surface area (Å²) in [4.78, 5) is 28.2. The molecule has 0 saturated carbocycles. The van der Waals surface area contributed by atoms with E-state index >= 15 is 0 Å². The fourth-order valence-electron chi connectivity index (χ4n) is 3.36. The molecule has 1 atom stereocenters. The first-order valence-corrected chi connectivity index (χ1v) is 9.69. The molecular weight excluding hydrogens is 378 g/mol. The van der Waals surface area contributed by atoms with E-state index in [9.17, 15) is 14.7 Å². The molecule has 0 bridgehead atoms. The van der Waals surface area contributed by atoms with Crippen molar-refractivity contribution in [2.45, 2.75) is 6.42 Å². The smallest absolute Gasteiger partial charge is 0.308 e. The van der Waals surface area contributed by atoms with Gasteiger partial charge in [0.05, 0.1) is 5.92 Å². The Balaban J connectivity index is 1.51. The van der Waals surface area contributed by atoms with E-state index in [-0.39, 0.29) is 12.3 Å². The molecule has 0 radical (unpaired) electrons. The number of piperazine rings is 1. The van der Waals surface area contributed by atoms with Crippen LogP contribution in [-0.4, -0.2) is 54.6 Å². The van der Waals surface area contributed by atoms with Crippen molar-refractivity contribution in [3.05, 3.63) is 59.6 Å². The van der Waals surface area contributed by atoms with Gasteiger partial charge >= 0.3 is 5.97 Å². The van der Waals surface area contributed by atoms with Gasteiger partial charge in [0.1, 0.15) is 0 Å². The fourth-order valence-corrected chi connectivity index (χ4v) is 3.54. The zero-order chi connectivity index (χ0) is 19.9. The Morgan fingerprint density at radius 2 is 1.75 bits per heavy atom. The molecule has 28 heavy (non-hydrogen) atoms. The number of hydrogen-bond acceptors (Lipinski definition) is 4. The highest BCUT2D eigenvalue weighted by Crippen LogP contribution is 2.21. The molecule has 0 aliphatic carbocycles. The summed E-state index contributed by atoms with van der Waals surface area (Å²) in [7, 11) is 0. The third-order valence-electron chi connectivity index (χ3n) is 4.86. The summed E-state index contributed by atoms with van der Waals surface area (Å²) in [5.41, 5.74) is 1.75. The summed E-state index contributed by atoms with van der Waals surface area (Å²) in [5.74, 6) is -1.96. The second kappa shape index (κ2) is 9.57. The molecule has 0 aromatic heterocycles. The Labute approximate surface area is 169 Å². The predicted molar refractivity (Wildman–Crippen MR) is 111 cm³/mol. The molecule has 0 unspecified atom stereocenters. The average molecular weight is 402 g/mol. The number of carboxylic acids is 1. The normalized spacial score (nSPS) is 15.8. The third-order valence-corrected chi connectivity index (χ3v) is 5.10. The molecule has 0 spiro atoms. The minimum atomic E-state index is -0.944. The number of para-hydroxylation sites is 1.